The minimum absolute atomic E-state index is 0.202. The lowest BCUT2D eigenvalue weighted by Crippen LogP contribution is -2.61. The second-order valence-electron chi connectivity index (χ2n) is 6.39. The summed E-state index contributed by atoms with van der Waals surface area (Å²) in [5.41, 5.74) is 1.53. The van der Waals surface area contributed by atoms with E-state index < -0.39 is 0 Å². The first-order valence-corrected chi connectivity index (χ1v) is 7.91. The van der Waals surface area contributed by atoms with Crippen LogP contribution in [0.5, 0.6) is 0 Å². The summed E-state index contributed by atoms with van der Waals surface area (Å²) in [5.74, 6) is 0. The second kappa shape index (κ2) is 6.46. The van der Waals surface area contributed by atoms with Gasteiger partial charge in [0.25, 0.3) is 0 Å². The number of methoxy groups -OCH3 is 1. The van der Waals surface area contributed by atoms with Crippen molar-refractivity contribution >= 4 is 11.6 Å². The van der Waals surface area contributed by atoms with Crippen LogP contribution in [0.15, 0.2) is 24.3 Å². The Morgan fingerprint density at radius 2 is 2.00 bits per heavy atom. The summed E-state index contributed by atoms with van der Waals surface area (Å²) >= 11 is 5.98. The van der Waals surface area contributed by atoms with Gasteiger partial charge in [0.1, 0.15) is 0 Å². The van der Waals surface area contributed by atoms with Crippen LogP contribution in [-0.2, 0) is 4.74 Å². The zero-order valence-electron chi connectivity index (χ0n) is 12.9. The molecule has 1 fully saturated rings. The van der Waals surface area contributed by atoms with Gasteiger partial charge in [0.05, 0.1) is 6.10 Å². The molecular formula is C17H26ClNO. The van der Waals surface area contributed by atoms with Crippen LogP contribution in [0.1, 0.15) is 51.6 Å². The normalized spacial score (nSPS) is 26.1. The third-order valence-corrected chi connectivity index (χ3v) is 4.97. The first-order valence-electron chi connectivity index (χ1n) is 7.53. The number of hydrogen-bond acceptors (Lipinski definition) is 2. The molecule has 0 aliphatic heterocycles. The van der Waals surface area contributed by atoms with Gasteiger partial charge in [-0.05, 0) is 30.5 Å². The topological polar surface area (TPSA) is 21.3 Å². The predicted molar refractivity (Wildman–Crippen MR) is 85.2 cm³/mol. The standard InChI is InChI=1S/C17H26ClNO/c1-5-6-14(12-7-9-13(18)10-8-12)19-15-11-16(20-4)17(15,2)3/h7-10,14-16,19H,5-6,11H2,1-4H3. The monoisotopic (exact) mass is 295 g/mol. The van der Waals surface area contributed by atoms with Gasteiger partial charge in [0.15, 0.2) is 0 Å². The first kappa shape index (κ1) is 15.8. The number of rotatable bonds is 6. The molecule has 3 unspecified atom stereocenters. The zero-order chi connectivity index (χ0) is 14.8. The van der Waals surface area contributed by atoms with E-state index in [1.54, 1.807) is 0 Å². The van der Waals surface area contributed by atoms with Crippen LogP contribution in [0.2, 0.25) is 5.02 Å². The molecule has 0 spiro atoms. The number of hydrogen-bond donors (Lipinski definition) is 1. The molecule has 1 aromatic rings. The zero-order valence-corrected chi connectivity index (χ0v) is 13.7. The van der Waals surface area contributed by atoms with Crippen molar-refractivity contribution < 1.29 is 4.74 Å². The summed E-state index contributed by atoms with van der Waals surface area (Å²) in [5, 5.41) is 4.62. The van der Waals surface area contributed by atoms with Crippen molar-refractivity contribution in [2.75, 3.05) is 7.11 Å². The fraction of sp³-hybridized carbons (Fsp3) is 0.647. The minimum atomic E-state index is 0.202. The molecule has 0 radical (unpaired) electrons. The van der Waals surface area contributed by atoms with Crippen LogP contribution in [0.4, 0.5) is 0 Å². The van der Waals surface area contributed by atoms with E-state index in [9.17, 15) is 0 Å². The SMILES string of the molecule is CCCC(NC1CC(OC)C1(C)C)c1ccc(Cl)cc1. The van der Waals surface area contributed by atoms with Gasteiger partial charge >= 0.3 is 0 Å². The summed E-state index contributed by atoms with van der Waals surface area (Å²) in [6.45, 7) is 6.80. The summed E-state index contributed by atoms with van der Waals surface area (Å²) < 4.78 is 5.54. The van der Waals surface area contributed by atoms with Crippen LogP contribution in [0.25, 0.3) is 0 Å². The van der Waals surface area contributed by atoms with Gasteiger partial charge in [-0.1, -0.05) is 50.9 Å². The highest BCUT2D eigenvalue weighted by atomic mass is 35.5. The number of halogens is 1. The van der Waals surface area contributed by atoms with Gasteiger partial charge < -0.3 is 10.1 Å². The summed E-state index contributed by atoms with van der Waals surface area (Å²) in [4.78, 5) is 0. The van der Waals surface area contributed by atoms with E-state index >= 15 is 0 Å². The van der Waals surface area contributed by atoms with Crippen LogP contribution >= 0.6 is 11.6 Å². The third-order valence-electron chi connectivity index (χ3n) is 4.71. The highest BCUT2D eigenvalue weighted by Crippen LogP contribution is 2.43. The van der Waals surface area contributed by atoms with Gasteiger partial charge in [0.2, 0.25) is 0 Å². The highest BCUT2D eigenvalue weighted by Gasteiger charge is 2.48. The second-order valence-corrected chi connectivity index (χ2v) is 6.83. The third kappa shape index (κ3) is 3.19. The molecule has 3 atom stereocenters. The van der Waals surface area contributed by atoms with Crippen molar-refractivity contribution in [3.05, 3.63) is 34.9 Å². The maximum Gasteiger partial charge on any atom is 0.0652 e. The largest absolute Gasteiger partial charge is 0.381 e. The Morgan fingerprint density at radius 3 is 2.50 bits per heavy atom. The summed E-state index contributed by atoms with van der Waals surface area (Å²) in [6.07, 6.45) is 3.78. The summed E-state index contributed by atoms with van der Waals surface area (Å²) in [6, 6.07) is 9.14. The molecule has 112 valence electrons. The first-order chi connectivity index (χ1) is 9.48. The van der Waals surface area contributed by atoms with Crippen molar-refractivity contribution in [3.63, 3.8) is 0 Å². The molecule has 20 heavy (non-hydrogen) atoms. The van der Waals surface area contributed by atoms with Gasteiger partial charge in [-0.25, -0.2) is 0 Å². The molecular weight excluding hydrogens is 270 g/mol. The van der Waals surface area contributed by atoms with Crippen molar-refractivity contribution in [3.8, 4) is 0 Å². The molecule has 2 nitrogen and oxygen atoms in total. The Kier molecular flexibility index (Phi) is 5.11. The molecule has 0 aromatic heterocycles. The van der Waals surface area contributed by atoms with Crippen LogP contribution in [-0.4, -0.2) is 19.3 Å². The van der Waals surface area contributed by atoms with Gasteiger partial charge in [-0.2, -0.15) is 0 Å². The maximum absolute atomic E-state index is 5.98. The predicted octanol–water partition coefficient (Wildman–Crippen LogP) is 4.58. The van der Waals surface area contributed by atoms with E-state index in [0.717, 1.165) is 17.9 Å². The molecule has 0 bridgehead atoms. The molecule has 1 N–H and O–H groups in total. The average Bonchev–Trinajstić information content (AvgIpc) is 2.42. The molecule has 2 rings (SSSR count). The average molecular weight is 296 g/mol. The Bertz CT molecular complexity index is 429. The molecule has 0 amide bonds. The van der Waals surface area contributed by atoms with E-state index in [2.05, 4.69) is 38.2 Å². The fourth-order valence-electron chi connectivity index (χ4n) is 3.14. The molecule has 3 heteroatoms. The van der Waals surface area contributed by atoms with Crippen LogP contribution < -0.4 is 5.32 Å². The molecule has 0 saturated heterocycles. The number of nitrogens with one attached hydrogen (secondary N) is 1. The molecule has 1 aromatic carbocycles. The Balaban J connectivity index is 2.05. The van der Waals surface area contributed by atoms with Crippen molar-refractivity contribution in [1.82, 2.24) is 5.32 Å². The van der Waals surface area contributed by atoms with E-state index in [4.69, 9.17) is 16.3 Å². The lowest BCUT2D eigenvalue weighted by atomic mass is 9.64. The summed E-state index contributed by atoms with van der Waals surface area (Å²) in [7, 11) is 1.81. The Morgan fingerprint density at radius 1 is 1.35 bits per heavy atom. The fourth-order valence-corrected chi connectivity index (χ4v) is 3.27. The van der Waals surface area contributed by atoms with E-state index in [1.807, 2.05) is 19.2 Å². The van der Waals surface area contributed by atoms with E-state index in [0.29, 0.717) is 18.2 Å². The maximum atomic E-state index is 5.98. The molecule has 1 saturated carbocycles. The molecule has 0 heterocycles. The van der Waals surface area contributed by atoms with Crippen LogP contribution in [0, 0.1) is 5.41 Å². The Hall–Kier alpha value is -0.570. The highest BCUT2D eigenvalue weighted by molar-refractivity contribution is 6.30. The minimum Gasteiger partial charge on any atom is -0.381 e. The van der Waals surface area contributed by atoms with Crippen LogP contribution in [0.3, 0.4) is 0 Å². The Labute approximate surface area is 127 Å². The lowest BCUT2D eigenvalue weighted by Gasteiger charge is -2.52. The molecule has 1 aliphatic rings. The van der Waals surface area contributed by atoms with Gasteiger partial charge in [-0.3, -0.25) is 0 Å². The number of ether oxygens (including phenoxy) is 1. The quantitative estimate of drug-likeness (QED) is 0.829. The van der Waals surface area contributed by atoms with Crippen molar-refractivity contribution in [1.29, 1.82) is 0 Å². The van der Waals surface area contributed by atoms with Crippen molar-refractivity contribution in [2.24, 2.45) is 5.41 Å². The van der Waals surface area contributed by atoms with E-state index in [-0.39, 0.29) is 5.41 Å². The van der Waals surface area contributed by atoms with Gasteiger partial charge in [-0.15, -0.1) is 0 Å². The number of benzene rings is 1. The van der Waals surface area contributed by atoms with Crippen molar-refractivity contribution in [2.45, 2.75) is 58.2 Å². The van der Waals surface area contributed by atoms with E-state index in [1.165, 1.54) is 12.0 Å². The van der Waals surface area contributed by atoms with Gasteiger partial charge in [0, 0.05) is 29.6 Å². The molecule has 1 aliphatic carbocycles. The smallest absolute Gasteiger partial charge is 0.0652 e. The lowest BCUT2D eigenvalue weighted by molar-refractivity contribution is -0.101.